The third-order valence-electron chi connectivity index (χ3n) is 2.81. The summed E-state index contributed by atoms with van der Waals surface area (Å²) >= 11 is 5.59. The number of halogens is 1. The third-order valence-corrected chi connectivity index (χ3v) is 4.36. The van der Waals surface area contributed by atoms with E-state index in [1.165, 1.54) is 19.2 Å². The smallest absolute Gasteiger partial charge is 0.338 e. The van der Waals surface area contributed by atoms with Crippen molar-refractivity contribution in [3.8, 4) is 0 Å². The number of methoxy groups -OCH3 is 1. The maximum absolute atomic E-state index is 12.2. The Bertz CT molecular complexity index is 620. The van der Waals surface area contributed by atoms with E-state index in [2.05, 4.69) is 4.74 Å². The maximum Gasteiger partial charge on any atom is 0.338 e. The minimum atomic E-state index is -3.98. The monoisotopic (exact) mass is 346 g/mol. The highest BCUT2D eigenvalue weighted by atomic mass is 35.5. The average molecular weight is 347 g/mol. The van der Waals surface area contributed by atoms with E-state index < -0.39 is 16.1 Å². The lowest BCUT2D eigenvalue weighted by atomic mass is 10.2. The molecule has 0 fully saturated rings. The average Bonchev–Trinajstić information content (AvgIpc) is 2.47. The molecule has 1 aromatic rings. The van der Waals surface area contributed by atoms with E-state index in [9.17, 15) is 13.2 Å². The molecule has 1 rings (SSSR count). The van der Waals surface area contributed by atoms with Crippen molar-refractivity contribution in [3.05, 3.63) is 41.7 Å². The summed E-state index contributed by atoms with van der Waals surface area (Å²) in [5.41, 5.74) is 0.936. The molecule has 7 heteroatoms. The summed E-state index contributed by atoms with van der Waals surface area (Å²) in [7, 11) is -2.76. The van der Waals surface area contributed by atoms with Crippen LogP contribution in [0.2, 0.25) is 0 Å². The molecule has 0 N–H and O–H groups in total. The summed E-state index contributed by atoms with van der Waals surface area (Å²) in [6.07, 6.45) is 2.62. The van der Waals surface area contributed by atoms with Crippen LogP contribution in [0.5, 0.6) is 0 Å². The van der Waals surface area contributed by atoms with Crippen LogP contribution < -0.4 is 0 Å². The predicted molar refractivity (Wildman–Crippen MR) is 84.1 cm³/mol. The molecule has 0 heterocycles. The molecular formula is C15H19ClO5S. The first-order valence-corrected chi connectivity index (χ1v) is 8.69. The molecule has 0 amide bonds. The molecule has 5 nitrogen and oxygen atoms in total. The van der Waals surface area contributed by atoms with E-state index in [4.69, 9.17) is 15.8 Å². The second kappa shape index (κ2) is 8.80. The molecule has 1 aromatic carbocycles. The van der Waals surface area contributed by atoms with Gasteiger partial charge in [0, 0.05) is 12.3 Å². The first kappa shape index (κ1) is 18.5. The van der Waals surface area contributed by atoms with E-state index in [-0.39, 0.29) is 17.1 Å². The Kier molecular flexibility index (Phi) is 7.41. The van der Waals surface area contributed by atoms with Gasteiger partial charge in [-0.3, -0.25) is 0 Å². The molecule has 0 aromatic heterocycles. The molecule has 0 unspecified atom stereocenters. The summed E-state index contributed by atoms with van der Waals surface area (Å²) in [6, 6.07) is 6.26. The molecule has 0 spiro atoms. The Morgan fingerprint density at radius 2 is 1.86 bits per heavy atom. The lowest BCUT2D eigenvalue weighted by Crippen LogP contribution is -2.09. The molecular weight excluding hydrogens is 328 g/mol. The summed E-state index contributed by atoms with van der Waals surface area (Å²) < 4.78 is 34.0. The Morgan fingerprint density at radius 1 is 1.23 bits per heavy atom. The van der Waals surface area contributed by atoms with E-state index >= 15 is 0 Å². The molecule has 22 heavy (non-hydrogen) atoms. The number of ether oxygens (including phenoxy) is 1. The lowest BCUT2D eigenvalue weighted by molar-refractivity contribution is -0.135. The number of rotatable bonds is 8. The number of hydrogen-bond donors (Lipinski definition) is 0. The van der Waals surface area contributed by atoms with Crippen molar-refractivity contribution in [3.63, 3.8) is 0 Å². The van der Waals surface area contributed by atoms with Crippen molar-refractivity contribution in [1.82, 2.24) is 0 Å². The number of alkyl halides is 1. The van der Waals surface area contributed by atoms with Gasteiger partial charge >= 0.3 is 16.1 Å². The van der Waals surface area contributed by atoms with Gasteiger partial charge in [0.15, 0.2) is 0 Å². The van der Waals surface area contributed by atoms with Gasteiger partial charge in [0.2, 0.25) is 0 Å². The van der Waals surface area contributed by atoms with Gasteiger partial charge in [-0.05, 0) is 31.9 Å². The molecule has 0 saturated heterocycles. The number of esters is 1. The molecule has 0 atom stereocenters. The van der Waals surface area contributed by atoms with Crippen molar-refractivity contribution in [2.45, 2.75) is 31.1 Å². The summed E-state index contributed by atoms with van der Waals surface area (Å²) in [4.78, 5) is 11.4. The largest absolute Gasteiger partial charge is 0.466 e. The molecule has 0 aliphatic heterocycles. The minimum absolute atomic E-state index is 0.0335. The fraction of sp³-hybridized carbons (Fsp3) is 0.400. The highest BCUT2D eigenvalue weighted by Gasteiger charge is 2.18. The molecule has 0 aliphatic carbocycles. The van der Waals surface area contributed by atoms with Crippen LogP contribution in [-0.2, 0) is 23.8 Å². The zero-order valence-corrected chi connectivity index (χ0v) is 14.1. The Labute approximate surface area is 136 Å². The summed E-state index contributed by atoms with van der Waals surface area (Å²) in [6.45, 7) is 1.85. The number of carbonyl (C=O) groups is 1. The fourth-order valence-electron chi connectivity index (χ4n) is 1.62. The van der Waals surface area contributed by atoms with Crippen LogP contribution in [-0.4, -0.2) is 27.4 Å². The minimum Gasteiger partial charge on any atom is -0.466 e. The van der Waals surface area contributed by atoms with Crippen molar-refractivity contribution in [2.24, 2.45) is 0 Å². The lowest BCUT2D eigenvalue weighted by Gasteiger charge is -2.10. The fourth-order valence-corrected chi connectivity index (χ4v) is 2.78. The third kappa shape index (κ3) is 6.07. The van der Waals surface area contributed by atoms with E-state index in [1.54, 1.807) is 12.1 Å². The molecule has 0 radical (unpaired) electrons. The van der Waals surface area contributed by atoms with Crippen molar-refractivity contribution < 1.29 is 22.1 Å². The second-order valence-corrected chi connectivity index (χ2v) is 6.55. The topological polar surface area (TPSA) is 69.7 Å². The SMILES string of the molecule is COC(=O)/C=C(/CCCCCl)OS(=O)(=O)c1ccc(C)cc1. The number of carbonyl (C=O) groups excluding carboxylic acids is 1. The van der Waals surface area contributed by atoms with Crippen LogP contribution in [0.1, 0.15) is 24.8 Å². The number of unbranched alkanes of at least 4 members (excludes halogenated alkanes) is 1. The van der Waals surface area contributed by atoms with Gasteiger partial charge in [-0.1, -0.05) is 17.7 Å². The molecule has 0 bridgehead atoms. The van der Waals surface area contributed by atoms with Crippen LogP contribution in [0.3, 0.4) is 0 Å². The quantitative estimate of drug-likeness (QED) is 0.180. The van der Waals surface area contributed by atoms with Crippen LogP contribution >= 0.6 is 11.6 Å². The standard InChI is InChI=1S/C15H19ClO5S/c1-12-6-8-14(9-7-12)22(18,19)21-13(5-3-4-10-16)11-15(17)20-2/h6-9,11H,3-5,10H2,1-2H3/b13-11-. The van der Waals surface area contributed by atoms with E-state index in [0.717, 1.165) is 11.6 Å². The first-order chi connectivity index (χ1) is 10.4. The van der Waals surface area contributed by atoms with Crippen LogP contribution in [0.25, 0.3) is 0 Å². The van der Waals surface area contributed by atoms with Crippen molar-refractivity contribution >= 4 is 27.7 Å². The Hall–Kier alpha value is -1.53. The zero-order chi connectivity index (χ0) is 16.6. The van der Waals surface area contributed by atoms with Gasteiger partial charge in [-0.2, -0.15) is 8.42 Å². The van der Waals surface area contributed by atoms with Crippen LogP contribution in [0.15, 0.2) is 41.0 Å². The van der Waals surface area contributed by atoms with E-state index in [0.29, 0.717) is 18.7 Å². The van der Waals surface area contributed by atoms with Gasteiger partial charge in [-0.25, -0.2) is 4.79 Å². The van der Waals surface area contributed by atoms with Gasteiger partial charge in [0.1, 0.15) is 10.7 Å². The van der Waals surface area contributed by atoms with Gasteiger partial charge in [0.05, 0.1) is 13.2 Å². The molecule has 122 valence electrons. The number of hydrogen-bond acceptors (Lipinski definition) is 5. The summed E-state index contributed by atoms with van der Waals surface area (Å²) in [5, 5.41) is 0. The molecule has 0 aliphatic rings. The number of aryl methyl sites for hydroxylation is 1. The Morgan fingerprint density at radius 3 is 2.41 bits per heavy atom. The first-order valence-electron chi connectivity index (χ1n) is 6.74. The normalized spacial score (nSPS) is 12.0. The summed E-state index contributed by atoms with van der Waals surface area (Å²) in [5.74, 6) is -0.173. The Balaban J connectivity index is 2.93. The number of benzene rings is 1. The second-order valence-electron chi connectivity index (χ2n) is 4.63. The molecule has 0 saturated carbocycles. The highest BCUT2D eigenvalue weighted by molar-refractivity contribution is 7.86. The van der Waals surface area contributed by atoms with Crippen molar-refractivity contribution in [1.29, 1.82) is 0 Å². The van der Waals surface area contributed by atoms with Crippen LogP contribution in [0.4, 0.5) is 0 Å². The van der Waals surface area contributed by atoms with Gasteiger partial charge < -0.3 is 8.92 Å². The predicted octanol–water partition coefficient (Wildman–Crippen LogP) is 3.17. The zero-order valence-electron chi connectivity index (χ0n) is 12.5. The van der Waals surface area contributed by atoms with E-state index in [1.807, 2.05) is 6.92 Å². The number of allylic oxidation sites excluding steroid dienone is 1. The van der Waals surface area contributed by atoms with Crippen LogP contribution in [0, 0.1) is 6.92 Å². The van der Waals surface area contributed by atoms with Gasteiger partial charge in [-0.15, -0.1) is 11.6 Å². The van der Waals surface area contributed by atoms with Gasteiger partial charge in [0.25, 0.3) is 0 Å². The highest BCUT2D eigenvalue weighted by Crippen LogP contribution is 2.20. The van der Waals surface area contributed by atoms with Crippen molar-refractivity contribution in [2.75, 3.05) is 13.0 Å². The maximum atomic E-state index is 12.2.